The van der Waals surface area contributed by atoms with Crippen molar-refractivity contribution in [2.75, 3.05) is 5.32 Å². The lowest BCUT2D eigenvalue weighted by atomic mass is 9.74. The van der Waals surface area contributed by atoms with Crippen LogP contribution >= 0.6 is 0 Å². The number of nitrogens with one attached hydrogen (secondary N) is 2. The molecule has 3 rings (SSSR count). The molecule has 0 bridgehead atoms. The van der Waals surface area contributed by atoms with Crippen LogP contribution in [0.2, 0.25) is 0 Å². The van der Waals surface area contributed by atoms with E-state index in [4.69, 9.17) is 20.5 Å². The maximum Gasteiger partial charge on any atom is 0.494 e. The molecule has 6 heteroatoms. The summed E-state index contributed by atoms with van der Waals surface area (Å²) in [5, 5.41) is 11.4. The van der Waals surface area contributed by atoms with Crippen LogP contribution in [-0.4, -0.2) is 24.0 Å². The van der Waals surface area contributed by atoms with Crippen molar-refractivity contribution in [3.8, 4) is 0 Å². The van der Waals surface area contributed by atoms with Crippen molar-refractivity contribution < 1.29 is 9.31 Å². The van der Waals surface area contributed by atoms with Gasteiger partial charge in [-0.3, -0.25) is 0 Å². The maximum atomic E-state index is 8.32. The van der Waals surface area contributed by atoms with Gasteiger partial charge >= 0.3 is 7.12 Å². The van der Waals surface area contributed by atoms with Crippen molar-refractivity contribution in [2.24, 2.45) is 5.73 Å². The van der Waals surface area contributed by atoms with Crippen molar-refractivity contribution in [1.82, 2.24) is 0 Å². The second-order valence-corrected chi connectivity index (χ2v) is 7.30. The molecule has 0 saturated carbocycles. The van der Waals surface area contributed by atoms with E-state index in [1.807, 2.05) is 70.2 Å². The minimum atomic E-state index is -0.480. The van der Waals surface area contributed by atoms with E-state index in [1.54, 1.807) is 6.08 Å². The van der Waals surface area contributed by atoms with Crippen LogP contribution in [0.15, 0.2) is 65.4 Å². The number of benzene rings is 1. The number of hydrogen-bond acceptors (Lipinski definition) is 5. The minimum Gasteiger partial charge on any atom is -0.399 e. The SMILES string of the molecule is CC1(C)OB(C2=CC(=N)/C(=C(/N)Nc3ccccc3)C=C2)OC1(C)C. The van der Waals surface area contributed by atoms with E-state index in [0.29, 0.717) is 17.1 Å². The van der Waals surface area contributed by atoms with Gasteiger partial charge < -0.3 is 25.8 Å². The fraction of sp³-hybridized carbons (Fsp3) is 0.316. The summed E-state index contributed by atoms with van der Waals surface area (Å²) in [6.45, 7) is 8.05. The van der Waals surface area contributed by atoms with Crippen molar-refractivity contribution in [3.05, 3.63) is 65.4 Å². The van der Waals surface area contributed by atoms with Gasteiger partial charge in [0.2, 0.25) is 0 Å². The van der Waals surface area contributed by atoms with Crippen LogP contribution in [0.3, 0.4) is 0 Å². The third kappa shape index (κ3) is 3.41. The first-order valence-electron chi connectivity index (χ1n) is 8.36. The summed E-state index contributed by atoms with van der Waals surface area (Å²) in [4.78, 5) is 0. The van der Waals surface area contributed by atoms with E-state index in [1.165, 1.54) is 0 Å². The third-order valence-corrected chi connectivity index (χ3v) is 4.91. The van der Waals surface area contributed by atoms with E-state index < -0.39 is 18.3 Å². The lowest BCUT2D eigenvalue weighted by Crippen LogP contribution is -2.41. The molecular formula is C19H24BN3O2. The van der Waals surface area contributed by atoms with Crippen LogP contribution in [0.1, 0.15) is 27.7 Å². The molecular weight excluding hydrogens is 313 g/mol. The molecule has 25 heavy (non-hydrogen) atoms. The summed E-state index contributed by atoms with van der Waals surface area (Å²) >= 11 is 0. The number of allylic oxidation sites excluding steroid dienone is 5. The zero-order valence-electron chi connectivity index (χ0n) is 15.1. The topological polar surface area (TPSA) is 80.4 Å². The second-order valence-electron chi connectivity index (χ2n) is 7.30. The Morgan fingerprint density at radius 3 is 2.20 bits per heavy atom. The van der Waals surface area contributed by atoms with Crippen LogP contribution < -0.4 is 11.1 Å². The molecule has 1 aliphatic heterocycles. The number of rotatable bonds is 3. The normalized spacial score (nSPS) is 23.4. The van der Waals surface area contributed by atoms with Gasteiger partial charge in [-0.05, 0) is 57.5 Å². The molecule has 5 nitrogen and oxygen atoms in total. The summed E-state index contributed by atoms with van der Waals surface area (Å²) in [6, 6.07) is 9.65. The number of hydrogen-bond donors (Lipinski definition) is 3. The molecule has 2 aliphatic rings. The van der Waals surface area contributed by atoms with Crippen LogP contribution in [0.4, 0.5) is 5.69 Å². The Morgan fingerprint density at radius 2 is 1.64 bits per heavy atom. The molecule has 1 heterocycles. The Balaban J connectivity index is 1.77. The highest BCUT2D eigenvalue weighted by Gasteiger charge is 2.52. The summed E-state index contributed by atoms with van der Waals surface area (Å²) in [7, 11) is -0.480. The summed E-state index contributed by atoms with van der Waals surface area (Å²) in [5.74, 6) is 0.441. The quantitative estimate of drug-likeness (QED) is 0.739. The first-order valence-corrected chi connectivity index (χ1v) is 8.36. The standard InChI is InChI=1S/C19H24BN3O2/c1-18(2)19(3,4)25-20(24-18)13-10-11-15(16(21)12-13)17(22)23-14-8-6-5-7-9-14/h5-12,21,23H,22H2,1-4H3/b17-15-,21-16?. The van der Waals surface area contributed by atoms with Gasteiger partial charge in [-0.25, -0.2) is 0 Å². The molecule has 0 amide bonds. The van der Waals surface area contributed by atoms with E-state index >= 15 is 0 Å². The maximum absolute atomic E-state index is 8.32. The fourth-order valence-corrected chi connectivity index (χ4v) is 2.67. The van der Waals surface area contributed by atoms with E-state index in [0.717, 1.165) is 11.2 Å². The Hall–Kier alpha value is -2.31. The van der Waals surface area contributed by atoms with Crippen molar-refractivity contribution in [1.29, 1.82) is 5.41 Å². The first-order chi connectivity index (χ1) is 11.7. The summed E-state index contributed by atoms with van der Waals surface area (Å²) in [6.07, 6.45) is 5.47. The van der Waals surface area contributed by atoms with Gasteiger partial charge in [0.15, 0.2) is 0 Å². The molecule has 1 aliphatic carbocycles. The van der Waals surface area contributed by atoms with Crippen LogP contribution in [0.25, 0.3) is 0 Å². The monoisotopic (exact) mass is 337 g/mol. The average Bonchev–Trinajstić information content (AvgIpc) is 2.76. The Bertz CT molecular complexity index is 763. The van der Waals surface area contributed by atoms with E-state index in [2.05, 4.69) is 5.32 Å². The van der Waals surface area contributed by atoms with Gasteiger partial charge in [0.1, 0.15) is 5.82 Å². The molecule has 0 unspecified atom stereocenters. The van der Waals surface area contributed by atoms with Crippen molar-refractivity contribution >= 4 is 18.5 Å². The van der Waals surface area contributed by atoms with Gasteiger partial charge in [0.05, 0.1) is 16.9 Å². The Kier molecular flexibility index (Phi) is 4.35. The lowest BCUT2D eigenvalue weighted by Gasteiger charge is -2.32. The molecule has 0 aromatic heterocycles. The molecule has 0 spiro atoms. The predicted octanol–water partition coefficient (Wildman–Crippen LogP) is 3.42. The molecule has 1 aromatic rings. The third-order valence-electron chi connectivity index (χ3n) is 4.91. The highest BCUT2D eigenvalue weighted by atomic mass is 16.7. The number of anilines is 1. The predicted molar refractivity (Wildman–Crippen MR) is 102 cm³/mol. The zero-order valence-corrected chi connectivity index (χ0v) is 15.1. The second kappa shape index (κ2) is 6.21. The molecule has 0 atom stereocenters. The zero-order chi connectivity index (χ0) is 18.2. The van der Waals surface area contributed by atoms with E-state index in [9.17, 15) is 0 Å². The lowest BCUT2D eigenvalue weighted by molar-refractivity contribution is 0.00578. The Labute approximate surface area is 149 Å². The molecule has 130 valence electrons. The fourth-order valence-electron chi connectivity index (χ4n) is 2.67. The average molecular weight is 337 g/mol. The minimum absolute atomic E-state index is 0.327. The summed E-state index contributed by atoms with van der Waals surface area (Å²) in [5.41, 5.74) is 8.00. The highest BCUT2D eigenvalue weighted by Crippen LogP contribution is 2.39. The van der Waals surface area contributed by atoms with Gasteiger partial charge in [-0.2, -0.15) is 0 Å². The van der Waals surface area contributed by atoms with Crippen LogP contribution in [-0.2, 0) is 9.31 Å². The highest BCUT2D eigenvalue weighted by molar-refractivity contribution is 6.56. The Morgan fingerprint density at radius 1 is 1.04 bits per heavy atom. The van der Waals surface area contributed by atoms with Gasteiger partial charge in [0, 0.05) is 11.3 Å². The molecule has 1 aromatic carbocycles. The van der Waals surface area contributed by atoms with Gasteiger partial charge in [-0.15, -0.1) is 0 Å². The number of nitrogens with two attached hydrogens (primary N) is 1. The van der Waals surface area contributed by atoms with Crippen LogP contribution in [0, 0.1) is 5.41 Å². The van der Waals surface area contributed by atoms with E-state index in [-0.39, 0.29) is 0 Å². The first kappa shape index (κ1) is 17.5. The summed E-state index contributed by atoms with van der Waals surface area (Å²) < 4.78 is 12.1. The molecule has 1 fully saturated rings. The van der Waals surface area contributed by atoms with Crippen LogP contribution in [0.5, 0.6) is 0 Å². The molecule has 1 saturated heterocycles. The van der Waals surface area contributed by atoms with Crippen molar-refractivity contribution in [2.45, 2.75) is 38.9 Å². The molecule has 0 radical (unpaired) electrons. The largest absolute Gasteiger partial charge is 0.494 e. The molecule has 4 N–H and O–H groups in total. The number of para-hydroxylation sites is 1. The van der Waals surface area contributed by atoms with Gasteiger partial charge in [-0.1, -0.05) is 24.3 Å². The van der Waals surface area contributed by atoms with Crippen molar-refractivity contribution in [3.63, 3.8) is 0 Å². The smallest absolute Gasteiger partial charge is 0.399 e. The van der Waals surface area contributed by atoms with Gasteiger partial charge in [0.25, 0.3) is 0 Å².